The lowest BCUT2D eigenvalue weighted by Crippen LogP contribution is -2.35. The molecule has 0 fully saturated rings. The monoisotopic (exact) mass is 305 g/mol. The van der Waals surface area contributed by atoms with Gasteiger partial charge in [0.25, 0.3) is 0 Å². The lowest BCUT2D eigenvalue weighted by molar-refractivity contribution is 0.289. The van der Waals surface area contributed by atoms with Gasteiger partial charge in [-0.25, -0.2) is 0 Å². The van der Waals surface area contributed by atoms with E-state index in [9.17, 15) is 0 Å². The highest BCUT2D eigenvalue weighted by molar-refractivity contribution is 6.10. The zero-order valence-electron chi connectivity index (χ0n) is 14.0. The van der Waals surface area contributed by atoms with Gasteiger partial charge in [0.05, 0.1) is 5.52 Å². The Hall–Kier alpha value is -2.26. The van der Waals surface area contributed by atoms with Crippen molar-refractivity contribution in [1.82, 2.24) is 9.47 Å². The van der Waals surface area contributed by atoms with E-state index in [2.05, 4.69) is 73.0 Å². The van der Waals surface area contributed by atoms with Gasteiger partial charge in [-0.15, -0.1) is 0 Å². The van der Waals surface area contributed by atoms with Gasteiger partial charge in [-0.2, -0.15) is 0 Å². The number of aryl methyl sites for hydroxylation is 2. The Morgan fingerprint density at radius 1 is 1.22 bits per heavy atom. The molecule has 2 N–H and O–H groups in total. The molecule has 1 atom stereocenters. The molecule has 0 unspecified atom stereocenters. The van der Waals surface area contributed by atoms with Crippen molar-refractivity contribution in [2.75, 3.05) is 6.54 Å². The average molecular weight is 305 g/mol. The fourth-order valence-corrected chi connectivity index (χ4v) is 3.86. The maximum atomic E-state index is 5.84. The highest BCUT2D eigenvalue weighted by Crippen LogP contribution is 2.36. The van der Waals surface area contributed by atoms with Gasteiger partial charge in [0.15, 0.2) is 0 Å². The quantitative estimate of drug-likeness (QED) is 0.782. The molecule has 2 aromatic carbocycles. The van der Waals surface area contributed by atoms with Crippen LogP contribution in [0.4, 0.5) is 0 Å². The molecule has 0 amide bonds. The number of hydrogen-bond acceptors (Lipinski definition) is 2. The standard InChI is InChI=1S/C20H23N3/c1-13(11-21)23-9-8-16-14(2)20-18(10-15(16)12-23)17-6-4-5-7-19(17)22(20)3/h4-10,13H,11-12,21H2,1-3H3/t13-/m0/s1. The van der Waals surface area contributed by atoms with E-state index in [4.69, 9.17) is 5.73 Å². The summed E-state index contributed by atoms with van der Waals surface area (Å²) < 4.78 is 2.32. The third kappa shape index (κ3) is 2.00. The molecule has 3 aromatic rings. The Balaban J connectivity index is 1.99. The number of nitrogens with zero attached hydrogens (tertiary/aromatic N) is 2. The second-order valence-corrected chi connectivity index (χ2v) is 6.62. The minimum absolute atomic E-state index is 0.364. The van der Waals surface area contributed by atoms with E-state index in [1.807, 2.05) is 0 Å². The molecule has 3 heteroatoms. The number of hydrogen-bond donors (Lipinski definition) is 1. The highest BCUT2D eigenvalue weighted by atomic mass is 15.1. The molecule has 4 rings (SSSR count). The van der Waals surface area contributed by atoms with Crippen molar-refractivity contribution >= 4 is 27.9 Å². The molecule has 1 aliphatic rings. The minimum atomic E-state index is 0.364. The molecule has 0 aliphatic carbocycles. The normalized spacial score (nSPS) is 15.4. The van der Waals surface area contributed by atoms with E-state index in [0.29, 0.717) is 12.6 Å². The van der Waals surface area contributed by atoms with Gasteiger partial charge in [-0.3, -0.25) is 0 Å². The molecule has 0 radical (unpaired) electrons. The van der Waals surface area contributed by atoms with Crippen LogP contribution in [-0.2, 0) is 13.6 Å². The number of fused-ring (bicyclic) bond motifs is 4. The third-order valence-electron chi connectivity index (χ3n) is 5.26. The summed E-state index contributed by atoms with van der Waals surface area (Å²) in [6.07, 6.45) is 4.44. The van der Waals surface area contributed by atoms with Crippen molar-refractivity contribution in [2.45, 2.75) is 26.4 Å². The van der Waals surface area contributed by atoms with Crippen LogP contribution < -0.4 is 5.73 Å². The second kappa shape index (κ2) is 5.14. The fraction of sp³-hybridized carbons (Fsp3) is 0.300. The van der Waals surface area contributed by atoms with Crippen LogP contribution in [0, 0.1) is 6.92 Å². The predicted octanol–water partition coefficient (Wildman–Crippen LogP) is 3.77. The van der Waals surface area contributed by atoms with Crippen molar-refractivity contribution in [3.05, 3.63) is 53.2 Å². The molecule has 0 spiro atoms. The zero-order chi connectivity index (χ0) is 16.1. The van der Waals surface area contributed by atoms with Gasteiger partial charge in [0, 0.05) is 48.7 Å². The van der Waals surface area contributed by atoms with Gasteiger partial charge in [0.2, 0.25) is 0 Å². The van der Waals surface area contributed by atoms with Crippen LogP contribution in [-0.4, -0.2) is 22.1 Å². The summed E-state index contributed by atoms with van der Waals surface area (Å²) in [7, 11) is 2.17. The van der Waals surface area contributed by atoms with Gasteiger partial charge in [-0.1, -0.05) is 18.2 Å². The summed E-state index contributed by atoms with van der Waals surface area (Å²) in [6.45, 7) is 6.03. The maximum Gasteiger partial charge on any atom is 0.0524 e. The van der Waals surface area contributed by atoms with Crippen LogP contribution in [0.2, 0.25) is 0 Å². The molecule has 3 nitrogen and oxygen atoms in total. The largest absolute Gasteiger partial charge is 0.369 e. The zero-order valence-corrected chi connectivity index (χ0v) is 14.0. The molecule has 0 bridgehead atoms. The summed E-state index contributed by atoms with van der Waals surface area (Å²) in [5.41, 5.74) is 12.6. The van der Waals surface area contributed by atoms with E-state index >= 15 is 0 Å². The van der Waals surface area contributed by atoms with E-state index in [1.165, 1.54) is 38.5 Å². The Labute approximate surface area is 137 Å². The lowest BCUT2D eigenvalue weighted by Gasteiger charge is -2.31. The summed E-state index contributed by atoms with van der Waals surface area (Å²) in [5.74, 6) is 0. The van der Waals surface area contributed by atoms with Gasteiger partial charge in [-0.05, 0) is 48.7 Å². The van der Waals surface area contributed by atoms with Crippen LogP contribution in [0.25, 0.3) is 27.9 Å². The smallest absolute Gasteiger partial charge is 0.0524 e. The molecular weight excluding hydrogens is 282 g/mol. The molecule has 0 saturated heterocycles. The summed E-state index contributed by atoms with van der Waals surface area (Å²) in [4.78, 5) is 2.33. The first kappa shape index (κ1) is 14.3. The SMILES string of the molecule is Cc1c2c(cc3c4ccccc4n(C)c13)CN([C@@H](C)CN)C=C2. The van der Waals surface area contributed by atoms with E-state index in [-0.39, 0.29) is 0 Å². The molecule has 23 heavy (non-hydrogen) atoms. The number of nitrogens with two attached hydrogens (primary N) is 1. The van der Waals surface area contributed by atoms with Crippen LogP contribution in [0.15, 0.2) is 36.5 Å². The number of para-hydroxylation sites is 1. The van der Waals surface area contributed by atoms with Gasteiger partial charge in [0.1, 0.15) is 0 Å². The second-order valence-electron chi connectivity index (χ2n) is 6.62. The topological polar surface area (TPSA) is 34.2 Å². The van der Waals surface area contributed by atoms with Crippen molar-refractivity contribution in [3.8, 4) is 0 Å². The first-order valence-corrected chi connectivity index (χ1v) is 8.25. The van der Waals surface area contributed by atoms with Crippen LogP contribution in [0.3, 0.4) is 0 Å². The Morgan fingerprint density at radius 3 is 2.78 bits per heavy atom. The Bertz CT molecular complexity index is 933. The van der Waals surface area contributed by atoms with E-state index in [0.717, 1.165) is 6.54 Å². The van der Waals surface area contributed by atoms with Crippen molar-refractivity contribution in [3.63, 3.8) is 0 Å². The first-order chi connectivity index (χ1) is 11.1. The highest BCUT2D eigenvalue weighted by Gasteiger charge is 2.20. The third-order valence-corrected chi connectivity index (χ3v) is 5.26. The summed E-state index contributed by atoms with van der Waals surface area (Å²) in [6, 6.07) is 11.4. The minimum Gasteiger partial charge on any atom is -0.369 e. The maximum absolute atomic E-state index is 5.84. The van der Waals surface area contributed by atoms with Crippen LogP contribution in [0.5, 0.6) is 0 Å². The number of benzene rings is 2. The van der Waals surface area contributed by atoms with Crippen LogP contribution >= 0.6 is 0 Å². The van der Waals surface area contributed by atoms with Crippen molar-refractivity contribution in [1.29, 1.82) is 0 Å². The molecule has 0 saturated carbocycles. The summed E-state index contributed by atoms with van der Waals surface area (Å²) in [5, 5.41) is 2.69. The average Bonchev–Trinajstić information content (AvgIpc) is 2.87. The van der Waals surface area contributed by atoms with E-state index in [1.54, 1.807) is 0 Å². The van der Waals surface area contributed by atoms with Gasteiger partial charge >= 0.3 is 0 Å². The molecule has 1 aromatic heterocycles. The Kier molecular flexibility index (Phi) is 3.20. The molecule has 2 heterocycles. The lowest BCUT2D eigenvalue weighted by atomic mass is 9.95. The van der Waals surface area contributed by atoms with E-state index < -0.39 is 0 Å². The van der Waals surface area contributed by atoms with Gasteiger partial charge < -0.3 is 15.2 Å². The Morgan fingerprint density at radius 2 is 2.00 bits per heavy atom. The number of aromatic nitrogens is 1. The fourth-order valence-electron chi connectivity index (χ4n) is 3.86. The molecular formula is C20H23N3. The molecule has 118 valence electrons. The molecule has 1 aliphatic heterocycles. The first-order valence-electron chi connectivity index (χ1n) is 8.25. The van der Waals surface area contributed by atoms with Crippen LogP contribution in [0.1, 0.15) is 23.6 Å². The predicted molar refractivity (Wildman–Crippen MR) is 98.3 cm³/mol. The van der Waals surface area contributed by atoms with Crippen molar-refractivity contribution < 1.29 is 0 Å². The number of rotatable bonds is 2. The summed E-state index contributed by atoms with van der Waals surface area (Å²) >= 11 is 0. The van der Waals surface area contributed by atoms with Crippen molar-refractivity contribution in [2.24, 2.45) is 12.8 Å².